The number of nitriles is 1. The lowest BCUT2D eigenvalue weighted by molar-refractivity contribution is -0.122. The molecule has 84 valence electrons. The molecule has 1 N–H and O–H groups in total. The van der Waals surface area contributed by atoms with Crippen molar-refractivity contribution in [3.8, 4) is 6.07 Å². The second-order valence-electron chi connectivity index (χ2n) is 5.64. The van der Waals surface area contributed by atoms with Gasteiger partial charge in [0.15, 0.2) is 5.78 Å². The van der Waals surface area contributed by atoms with Crippen molar-refractivity contribution < 1.29 is 4.79 Å². The number of hydrogen-bond acceptors (Lipinski definition) is 3. The fraction of sp³-hybridized carbons (Fsp3) is 0.667. The molecule has 0 fully saturated rings. The minimum Gasteiger partial charge on any atom is -0.385 e. The van der Waals surface area contributed by atoms with Crippen LogP contribution in [0.2, 0.25) is 0 Å². The standard InChI is InChI=1S/C12H20N2O/c1-11(2,3)10(15)9(7-13)8-14-12(4,5)6/h8,14H,1-6H3/b9-8-. The van der Waals surface area contributed by atoms with Gasteiger partial charge in [-0.15, -0.1) is 0 Å². The summed E-state index contributed by atoms with van der Waals surface area (Å²) in [5.41, 5.74) is -0.473. The summed E-state index contributed by atoms with van der Waals surface area (Å²) in [4.78, 5) is 11.8. The zero-order valence-corrected chi connectivity index (χ0v) is 10.4. The van der Waals surface area contributed by atoms with Crippen LogP contribution >= 0.6 is 0 Å². The Morgan fingerprint density at radius 3 is 1.93 bits per heavy atom. The van der Waals surface area contributed by atoms with Gasteiger partial charge in [-0.05, 0) is 20.8 Å². The average Bonchev–Trinajstić information content (AvgIpc) is 2.01. The van der Waals surface area contributed by atoms with Gasteiger partial charge in [0.2, 0.25) is 0 Å². The van der Waals surface area contributed by atoms with Gasteiger partial charge < -0.3 is 5.32 Å². The molecule has 0 amide bonds. The summed E-state index contributed by atoms with van der Waals surface area (Å²) in [5, 5.41) is 11.9. The predicted octanol–water partition coefficient (Wildman–Crippen LogP) is 2.40. The highest BCUT2D eigenvalue weighted by atomic mass is 16.1. The molecule has 0 aliphatic carbocycles. The highest BCUT2D eigenvalue weighted by molar-refractivity contribution is 6.02. The number of Topliss-reactive ketones (excluding diaryl/α,β-unsaturated/α-hetero) is 1. The van der Waals surface area contributed by atoms with E-state index in [1.807, 2.05) is 26.8 Å². The number of nitrogens with zero attached hydrogens (tertiary/aromatic N) is 1. The maximum absolute atomic E-state index is 11.8. The Kier molecular flexibility index (Phi) is 4.09. The minimum atomic E-state index is -0.513. The van der Waals surface area contributed by atoms with E-state index in [0.717, 1.165) is 0 Å². The van der Waals surface area contributed by atoms with Gasteiger partial charge in [-0.3, -0.25) is 4.79 Å². The monoisotopic (exact) mass is 208 g/mol. The first-order valence-electron chi connectivity index (χ1n) is 5.01. The molecular formula is C12H20N2O. The van der Waals surface area contributed by atoms with Gasteiger partial charge in [0.25, 0.3) is 0 Å². The van der Waals surface area contributed by atoms with Gasteiger partial charge in [0.05, 0.1) is 0 Å². The molecule has 0 aliphatic heterocycles. The lowest BCUT2D eigenvalue weighted by Crippen LogP contribution is -2.32. The quantitative estimate of drug-likeness (QED) is 0.560. The molecule has 0 saturated carbocycles. The number of carbonyl (C=O) groups is 1. The second-order valence-corrected chi connectivity index (χ2v) is 5.64. The first kappa shape index (κ1) is 13.7. The van der Waals surface area contributed by atoms with E-state index < -0.39 is 5.41 Å². The predicted molar refractivity (Wildman–Crippen MR) is 61.0 cm³/mol. The molecule has 0 rings (SSSR count). The Hall–Kier alpha value is -1.30. The van der Waals surface area contributed by atoms with Gasteiger partial charge in [0.1, 0.15) is 11.6 Å². The third-order valence-corrected chi connectivity index (χ3v) is 1.70. The van der Waals surface area contributed by atoms with Crippen LogP contribution in [0.3, 0.4) is 0 Å². The topological polar surface area (TPSA) is 52.9 Å². The van der Waals surface area contributed by atoms with Crippen LogP contribution in [0.25, 0.3) is 0 Å². The molecule has 0 heterocycles. The highest BCUT2D eigenvalue weighted by Gasteiger charge is 2.25. The average molecular weight is 208 g/mol. The van der Waals surface area contributed by atoms with E-state index in [9.17, 15) is 4.79 Å². The van der Waals surface area contributed by atoms with Crippen molar-refractivity contribution in [2.75, 3.05) is 0 Å². The van der Waals surface area contributed by atoms with Crippen LogP contribution in [0.15, 0.2) is 11.8 Å². The minimum absolute atomic E-state index is 0.137. The van der Waals surface area contributed by atoms with Gasteiger partial charge >= 0.3 is 0 Å². The molecule has 0 aromatic carbocycles. The van der Waals surface area contributed by atoms with Crippen molar-refractivity contribution in [1.29, 1.82) is 5.26 Å². The highest BCUT2D eigenvalue weighted by Crippen LogP contribution is 2.19. The van der Waals surface area contributed by atoms with Crippen LogP contribution in [0.4, 0.5) is 0 Å². The molecule has 0 spiro atoms. The molecule has 0 atom stereocenters. The summed E-state index contributed by atoms with van der Waals surface area (Å²) in [6.45, 7) is 11.3. The molecule has 0 radical (unpaired) electrons. The molecule has 3 heteroatoms. The van der Waals surface area contributed by atoms with Crippen molar-refractivity contribution in [3.05, 3.63) is 11.8 Å². The maximum Gasteiger partial charge on any atom is 0.180 e. The number of hydrogen-bond donors (Lipinski definition) is 1. The number of ketones is 1. The smallest absolute Gasteiger partial charge is 0.180 e. The van der Waals surface area contributed by atoms with Crippen LogP contribution in [0.5, 0.6) is 0 Å². The SMILES string of the molecule is CC(C)(C)N/C=C(/C#N)C(=O)C(C)(C)C. The molecule has 0 aliphatic rings. The van der Waals surface area contributed by atoms with Gasteiger partial charge in [-0.25, -0.2) is 0 Å². The molecule has 3 nitrogen and oxygen atoms in total. The van der Waals surface area contributed by atoms with Gasteiger partial charge in [-0.2, -0.15) is 5.26 Å². The lowest BCUT2D eigenvalue weighted by Gasteiger charge is -2.20. The number of rotatable bonds is 2. The van der Waals surface area contributed by atoms with Crippen LogP contribution in [-0.4, -0.2) is 11.3 Å². The third-order valence-electron chi connectivity index (χ3n) is 1.70. The summed E-state index contributed by atoms with van der Waals surface area (Å²) >= 11 is 0. The van der Waals surface area contributed by atoms with Crippen LogP contribution in [-0.2, 0) is 4.79 Å². The maximum atomic E-state index is 11.8. The van der Waals surface area contributed by atoms with Crippen LogP contribution < -0.4 is 5.32 Å². The lowest BCUT2D eigenvalue weighted by atomic mass is 9.87. The summed E-state index contributed by atoms with van der Waals surface area (Å²) < 4.78 is 0. The number of allylic oxidation sites excluding steroid dienone is 1. The number of nitrogens with one attached hydrogen (secondary N) is 1. The van der Waals surface area contributed by atoms with E-state index in [0.29, 0.717) is 0 Å². The molecule has 0 unspecified atom stereocenters. The van der Waals surface area contributed by atoms with E-state index in [4.69, 9.17) is 5.26 Å². The third kappa shape index (κ3) is 5.21. The van der Waals surface area contributed by atoms with E-state index in [1.54, 1.807) is 20.8 Å². The second kappa shape index (κ2) is 4.48. The van der Waals surface area contributed by atoms with Crippen molar-refractivity contribution in [1.82, 2.24) is 5.32 Å². The summed E-state index contributed by atoms with van der Waals surface area (Å²) in [6.07, 6.45) is 1.51. The van der Waals surface area contributed by atoms with E-state index in [-0.39, 0.29) is 16.9 Å². The van der Waals surface area contributed by atoms with E-state index >= 15 is 0 Å². The zero-order valence-electron chi connectivity index (χ0n) is 10.4. The summed E-state index contributed by atoms with van der Waals surface area (Å²) in [5.74, 6) is -0.137. The van der Waals surface area contributed by atoms with Gasteiger partial charge in [-0.1, -0.05) is 20.8 Å². The van der Waals surface area contributed by atoms with Crippen molar-refractivity contribution in [2.24, 2.45) is 5.41 Å². The van der Waals surface area contributed by atoms with Crippen molar-refractivity contribution >= 4 is 5.78 Å². The Morgan fingerprint density at radius 2 is 1.67 bits per heavy atom. The van der Waals surface area contributed by atoms with Crippen LogP contribution in [0.1, 0.15) is 41.5 Å². The van der Waals surface area contributed by atoms with Crippen molar-refractivity contribution in [3.63, 3.8) is 0 Å². The summed E-state index contributed by atoms with van der Waals surface area (Å²) in [6, 6.07) is 1.93. The normalized spacial score (nSPS) is 13.3. The molecule has 15 heavy (non-hydrogen) atoms. The van der Waals surface area contributed by atoms with E-state index in [2.05, 4.69) is 5.32 Å². The fourth-order valence-corrected chi connectivity index (χ4v) is 0.841. The van der Waals surface area contributed by atoms with Crippen molar-refractivity contribution in [2.45, 2.75) is 47.1 Å². The first-order chi connectivity index (χ1) is 6.58. The zero-order chi connectivity index (χ0) is 12.3. The van der Waals surface area contributed by atoms with Gasteiger partial charge in [0, 0.05) is 17.2 Å². The number of carbonyl (C=O) groups excluding carboxylic acids is 1. The molecule has 0 aromatic rings. The summed E-state index contributed by atoms with van der Waals surface area (Å²) in [7, 11) is 0. The molecule has 0 saturated heterocycles. The fourth-order valence-electron chi connectivity index (χ4n) is 0.841. The van der Waals surface area contributed by atoms with E-state index in [1.165, 1.54) is 6.20 Å². The first-order valence-corrected chi connectivity index (χ1v) is 5.01. The Balaban J connectivity index is 4.82. The Morgan fingerprint density at radius 1 is 1.20 bits per heavy atom. The molecule has 0 bridgehead atoms. The largest absolute Gasteiger partial charge is 0.385 e. The Labute approximate surface area is 92.2 Å². The molecular weight excluding hydrogens is 188 g/mol. The Bertz CT molecular complexity index is 308. The van der Waals surface area contributed by atoms with Crippen LogP contribution in [0, 0.1) is 16.7 Å². The molecule has 0 aromatic heterocycles.